The molecule has 0 saturated carbocycles. The van der Waals surface area contributed by atoms with E-state index in [9.17, 15) is 4.79 Å². The first-order valence-corrected chi connectivity index (χ1v) is 10.6. The number of nitrogens with zero attached hydrogens (tertiary/aromatic N) is 2. The summed E-state index contributed by atoms with van der Waals surface area (Å²) < 4.78 is 18.2. The van der Waals surface area contributed by atoms with Crippen molar-refractivity contribution in [1.82, 2.24) is 4.57 Å². The number of aromatic nitrogens is 1. The number of thiazole rings is 1. The van der Waals surface area contributed by atoms with Gasteiger partial charge in [-0.2, -0.15) is 4.99 Å². The number of carbonyl (C=O) groups excluding carboxylic acids is 1. The molecule has 0 bridgehead atoms. The molecule has 2 aromatic carbocycles. The van der Waals surface area contributed by atoms with Crippen LogP contribution in [0.5, 0.6) is 17.2 Å². The lowest BCUT2D eigenvalue weighted by atomic mass is 10.1. The molecule has 0 spiro atoms. The van der Waals surface area contributed by atoms with Crippen LogP contribution < -0.4 is 19.0 Å². The lowest BCUT2D eigenvalue weighted by Gasteiger charge is -2.12. The summed E-state index contributed by atoms with van der Waals surface area (Å²) in [7, 11) is 4.57. The Hall–Kier alpha value is -3.06. The van der Waals surface area contributed by atoms with Crippen LogP contribution >= 0.6 is 11.3 Å². The zero-order valence-corrected chi connectivity index (χ0v) is 18.7. The molecular weight excluding hydrogens is 400 g/mol. The van der Waals surface area contributed by atoms with Gasteiger partial charge in [0.05, 0.1) is 27.0 Å². The summed E-state index contributed by atoms with van der Waals surface area (Å²) in [5, 5.41) is 0. The third-order valence-electron chi connectivity index (χ3n) is 4.77. The molecule has 0 aliphatic heterocycles. The van der Waals surface area contributed by atoms with Gasteiger partial charge in [0.25, 0.3) is 5.91 Å². The molecule has 0 N–H and O–H groups in total. The van der Waals surface area contributed by atoms with Gasteiger partial charge >= 0.3 is 0 Å². The molecule has 7 heteroatoms. The van der Waals surface area contributed by atoms with Crippen molar-refractivity contribution < 1.29 is 19.0 Å². The van der Waals surface area contributed by atoms with Crippen molar-refractivity contribution >= 4 is 17.2 Å². The Balaban J connectivity index is 2.14. The number of ether oxygens (including phenoxy) is 3. The minimum atomic E-state index is -0.361. The van der Waals surface area contributed by atoms with E-state index in [1.54, 1.807) is 23.5 Å². The average molecular weight is 427 g/mol. The average Bonchev–Trinajstić information content (AvgIpc) is 3.15. The summed E-state index contributed by atoms with van der Waals surface area (Å²) in [4.78, 5) is 19.4. The maximum absolute atomic E-state index is 13.0. The second kappa shape index (κ2) is 9.63. The summed E-state index contributed by atoms with van der Waals surface area (Å²) in [6, 6.07) is 13.4. The van der Waals surface area contributed by atoms with E-state index in [0.717, 1.165) is 17.7 Å². The zero-order valence-electron chi connectivity index (χ0n) is 17.9. The van der Waals surface area contributed by atoms with Gasteiger partial charge in [-0.1, -0.05) is 37.3 Å². The highest BCUT2D eigenvalue weighted by molar-refractivity contribution is 7.09. The Morgan fingerprint density at radius 3 is 2.13 bits per heavy atom. The molecule has 30 heavy (non-hydrogen) atoms. The van der Waals surface area contributed by atoms with E-state index in [0.29, 0.717) is 34.2 Å². The molecule has 0 aliphatic carbocycles. The fourth-order valence-corrected chi connectivity index (χ4v) is 4.49. The Kier molecular flexibility index (Phi) is 6.95. The Bertz CT molecular complexity index is 1080. The van der Waals surface area contributed by atoms with E-state index in [-0.39, 0.29) is 5.91 Å². The lowest BCUT2D eigenvalue weighted by Crippen LogP contribution is -2.17. The molecule has 0 unspecified atom stereocenters. The van der Waals surface area contributed by atoms with Crippen LogP contribution in [0.4, 0.5) is 0 Å². The number of amides is 1. The van der Waals surface area contributed by atoms with E-state index >= 15 is 0 Å². The molecule has 0 atom stereocenters. The number of aryl methyl sites for hydroxylation is 1. The van der Waals surface area contributed by atoms with Crippen LogP contribution in [0.3, 0.4) is 0 Å². The molecule has 1 heterocycles. The van der Waals surface area contributed by atoms with Crippen LogP contribution in [-0.2, 0) is 13.0 Å². The van der Waals surface area contributed by atoms with Crippen molar-refractivity contribution in [1.29, 1.82) is 0 Å². The van der Waals surface area contributed by atoms with Gasteiger partial charge in [-0.3, -0.25) is 4.79 Å². The molecule has 6 nitrogen and oxygen atoms in total. The van der Waals surface area contributed by atoms with Crippen LogP contribution in [0.25, 0.3) is 11.3 Å². The zero-order chi connectivity index (χ0) is 21.7. The van der Waals surface area contributed by atoms with Gasteiger partial charge in [0, 0.05) is 17.0 Å². The van der Waals surface area contributed by atoms with Gasteiger partial charge in [0.15, 0.2) is 16.3 Å². The first-order chi connectivity index (χ1) is 14.6. The molecule has 0 saturated heterocycles. The van der Waals surface area contributed by atoms with Crippen LogP contribution in [0.1, 0.15) is 29.1 Å². The fraction of sp³-hybridized carbons (Fsp3) is 0.304. The highest BCUT2D eigenvalue weighted by atomic mass is 32.1. The summed E-state index contributed by atoms with van der Waals surface area (Å²) in [6.07, 6.45) is 0.864. The molecule has 158 valence electrons. The number of rotatable bonds is 7. The van der Waals surface area contributed by atoms with Crippen molar-refractivity contribution in [2.45, 2.75) is 26.8 Å². The van der Waals surface area contributed by atoms with Gasteiger partial charge < -0.3 is 18.8 Å². The number of benzene rings is 2. The summed E-state index contributed by atoms with van der Waals surface area (Å²) in [5.74, 6) is 0.921. The third kappa shape index (κ3) is 4.11. The van der Waals surface area contributed by atoms with Crippen molar-refractivity contribution in [3.63, 3.8) is 0 Å². The van der Waals surface area contributed by atoms with E-state index in [4.69, 9.17) is 14.2 Å². The minimum Gasteiger partial charge on any atom is -0.493 e. The largest absolute Gasteiger partial charge is 0.493 e. The quantitative estimate of drug-likeness (QED) is 0.555. The Labute approximate surface area is 180 Å². The summed E-state index contributed by atoms with van der Waals surface area (Å²) in [5.41, 5.74) is 2.61. The number of hydrogen-bond donors (Lipinski definition) is 0. The topological polar surface area (TPSA) is 62.1 Å². The third-order valence-corrected chi connectivity index (χ3v) is 6.00. The van der Waals surface area contributed by atoms with Gasteiger partial charge in [-0.05, 0) is 31.0 Å². The van der Waals surface area contributed by atoms with Crippen molar-refractivity contribution in [2.75, 3.05) is 21.3 Å². The van der Waals surface area contributed by atoms with Gasteiger partial charge in [0.2, 0.25) is 5.75 Å². The number of hydrogen-bond acceptors (Lipinski definition) is 5. The van der Waals surface area contributed by atoms with E-state index < -0.39 is 0 Å². The fourth-order valence-electron chi connectivity index (χ4n) is 3.34. The normalized spacial score (nSPS) is 11.4. The van der Waals surface area contributed by atoms with E-state index in [1.807, 2.05) is 18.2 Å². The van der Waals surface area contributed by atoms with Crippen LogP contribution in [0, 0.1) is 0 Å². The molecule has 1 amide bonds. The second-order valence-electron chi connectivity index (χ2n) is 6.45. The highest BCUT2D eigenvalue weighted by Gasteiger charge is 2.18. The minimum absolute atomic E-state index is 0.361. The molecule has 0 fully saturated rings. The lowest BCUT2D eigenvalue weighted by molar-refractivity contribution is 0.0997. The smallest absolute Gasteiger partial charge is 0.279 e. The molecule has 1 aromatic heterocycles. The highest BCUT2D eigenvalue weighted by Crippen LogP contribution is 2.38. The van der Waals surface area contributed by atoms with Crippen LogP contribution in [-0.4, -0.2) is 31.8 Å². The van der Waals surface area contributed by atoms with Gasteiger partial charge in [-0.15, -0.1) is 11.3 Å². The predicted octanol–water partition coefficient (Wildman–Crippen LogP) is 4.57. The summed E-state index contributed by atoms with van der Waals surface area (Å²) in [6.45, 7) is 4.88. The Morgan fingerprint density at radius 1 is 1.00 bits per heavy atom. The van der Waals surface area contributed by atoms with Crippen molar-refractivity contribution in [2.24, 2.45) is 4.99 Å². The number of methoxy groups -OCH3 is 3. The molecule has 0 aliphatic rings. The molecule has 3 rings (SSSR count). The SMILES string of the molecule is CCc1sc(=NC(=O)c2cc(OC)c(OC)c(OC)c2)n(CC)c1-c1ccccc1. The maximum Gasteiger partial charge on any atom is 0.279 e. The van der Waals surface area contributed by atoms with E-state index in [1.165, 1.54) is 26.2 Å². The first-order valence-electron chi connectivity index (χ1n) is 9.74. The van der Waals surface area contributed by atoms with Crippen molar-refractivity contribution in [3.8, 4) is 28.5 Å². The predicted molar refractivity (Wildman–Crippen MR) is 119 cm³/mol. The van der Waals surface area contributed by atoms with E-state index in [2.05, 4.69) is 35.5 Å². The summed E-state index contributed by atoms with van der Waals surface area (Å²) >= 11 is 1.54. The Morgan fingerprint density at radius 2 is 1.63 bits per heavy atom. The monoisotopic (exact) mass is 426 g/mol. The molecular formula is C23H26N2O4S. The molecule has 3 aromatic rings. The van der Waals surface area contributed by atoms with Crippen LogP contribution in [0.15, 0.2) is 47.5 Å². The molecule has 0 radical (unpaired) electrons. The first kappa shape index (κ1) is 21.6. The number of carbonyl (C=O) groups is 1. The standard InChI is InChI=1S/C23H26N2O4S/c1-6-19-20(15-11-9-8-10-12-15)25(7-2)23(30-19)24-22(26)16-13-17(27-3)21(29-5)18(14-16)28-4/h8-14H,6-7H2,1-5H3. The van der Waals surface area contributed by atoms with Gasteiger partial charge in [0.1, 0.15) is 0 Å². The van der Waals surface area contributed by atoms with Crippen LogP contribution in [0.2, 0.25) is 0 Å². The van der Waals surface area contributed by atoms with Crippen molar-refractivity contribution in [3.05, 3.63) is 57.7 Å². The maximum atomic E-state index is 13.0. The second-order valence-corrected chi connectivity index (χ2v) is 7.51. The van der Waals surface area contributed by atoms with Gasteiger partial charge in [-0.25, -0.2) is 0 Å².